The van der Waals surface area contributed by atoms with Gasteiger partial charge >= 0.3 is 0 Å². The summed E-state index contributed by atoms with van der Waals surface area (Å²) >= 11 is 6.59. The first-order valence-corrected chi connectivity index (χ1v) is 13.7. The number of benzene rings is 1. The van der Waals surface area contributed by atoms with Crippen LogP contribution in [0.4, 0.5) is 23.1 Å². The van der Waals surface area contributed by atoms with Crippen molar-refractivity contribution in [3.63, 3.8) is 0 Å². The zero-order valence-electron chi connectivity index (χ0n) is 22.9. The molecule has 3 saturated carbocycles. The minimum atomic E-state index is -0.461. The normalized spacial score (nSPS) is 27.5. The van der Waals surface area contributed by atoms with Crippen LogP contribution in [-0.4, -0.2) is 67.1 Å². The highest BCUT2D eigenvalue weighted by molar-refractivity contribution is 6.32. The Morgan fingerprint density at radius 3 is 2.73 bits per heavy atom. The number of carbonyl (C=O) groups excluding carboxylic acids is 1. The number of rotatable bonds is 8. The van der Waals surface area contributed by atoms with Crippen LogP contribution < -0.4 is 20.9 Å². The summed E-state index contributed by atoms with van der Waals surface area (Å²) in [7, 11) is 5.93. The second kappa shape index (κ2) is 9.62. The summed E-state index contributed by atoms with van der Waals surface area (Å²) in [5, 5.41) is 10.3. The van der Waals surface area contributed by atoms with Gasteiger partial charge in [-0.25, -0.2) is 4.98 Å². The molecule has 2 heterocycles. The van der Waals surface area contributed by atoms with Crippen LogP contribution >= 0.6 is 11.6 Å². The third-order valence-electron chi connectivity index (χ3n) is 9.28. The Kier molecular flexibility index (Phi) is 6.77. The molecule has 1 aromatic heterocycles. The molecule has 9 heteroatoms. The van der Waals surface area contributed by atoms with Crippen molar-refractivity contribution >= 4 is 40.6 Å². The molecular weight excluding hydrogens is 486 g/mol. The number of hydrogen-bond donors (Lipinski definition) is 3. The molecule has 6 rings (SSSR count). The molecule has 1 amide bonds. The zero-order chi connectivity index (χ0) is 26.5. The van der Waals surface area contributed by atoms with Gasteiger partial charge in [-0.2, -0.15) is 4.98 Å². The third-order valence-corrected chi connectivity index (χ3v) is 9.55. The van der Waals surface area contributed by atoms with Gasteiger partial charge in [0.15, 0.2) is 5.82 Å². The van der Waals surface area contributed by atoms with E-state index in [4.69, 9.17) is 16.6 Å². The number of fused-ring (bicyclic) bond motifs is 3. The molecule has 2 bridgehead atoms. The fraction of sp³-hybridized carbons (Fsp3) is 0.607. The van der Waals surface area contributed by atoms with Gasteiger partial charge in [0.25, 0.3) is 0 Å². The smallest absolute Gasteiger partial charge is 0.229 e. The number of amides is 1. The Balaban J connectivity index is 1.36. The van der Waals surface area contributed by atoms with E-state index in [1.807, 2.05) is 0 Å². The molecule has 0 unspecified atom stereocenters. The molecule has 0 saturated heterocycles. The van der Waals surface area contributed by atoms with Gasteiger partial charge in [-0.1, -0.05) is 25.4 Å². The lowest BCUT2D eigenvalue weighted by molar-refractivity contribution is -0.155. The molecule has 37 heavy (non-hydrogen) atoms. The fourth-order valence-corrected chi connectivity index (χ4v) is 7.07. The summed E-state index contributed by atoms with van der Waals surface area (Å²) in [5.41, 5.74) is 3.30. The van der Waals surface area contributed by atoms with E-state index in [9.17, 15) is 4.79 Å². The minimum absolute atomic E-state index is 0.0708. The first-order valence-electron chi connectivity index (χ1n) is 13.3. The Hall–Kier alpha value is -2.58. The number of likely N-dealkylation sites (N-methyl/N-ethyl adjacent to an activating group) is 1. The zero-order valence-corrected chi connectivity index (χ0v) is 23.6. The van der Waals surface area contributed by atoms with Gasteiger partial charge in [-0.3, -0.25) is 4.79 Å². The van der Waals surface area contributed by atoms with Crippen LogP contribution in [0, 0.1) is 23.2 Å². The molecule has 3 fully saturated rings. The lowest BCUT2D eigenvalue weighted by atomic mass is 9.40. The van der Waals surface area contributed by atoms with Crippen LogP contribution in [-0.2, 0) is 11.2 Å². The molecule has 200 valence electrons. The lowest BCUT2D eigenvalue weighted by Crippen LogP contribution is -2.69. The van der Waals surface area contributed by atoms with Crippen LogP contribution in [0.1, 0.15) is 39.2 Å². The van der Waals surface area contributed by atoms with E-state index in [0.29, 0.717) is 28.6 Å². The third kappa shape index (κ3) is 4.63. The highest BCUT2D eigenvalue weighted by atomic mass is 35.5. The summed E-state index contributed by atoms with van der Waals surface area (Å²) in [6.45, 7) is 9.89. The van der Waals surface area contributed by atoms with Crippen LogP contribution in [0.3, 0.4) is 0 Å². The van der Waals surface area contributed by atoms with E-state index in [1.165, 1.54) is 11.3 Å². The van der Waals surface area contributed by atoms with Crippen LogP contribution in [0.25, 0.3) is 0 Å². The van der Waals surface area contributed by atoms with Crippen LogP contribution in [0.2, 0.25) is 5.02 Å². The highest BCUT2D eigenvalue weighted by Gasteiger charge is 2.64. The summed E-state index contributed by atoms with van der Waals surface area (Å²) in [6.07, 6.45) is 4.63. The number of halogens is 1. The second-order valence-corrected chi connectivity index (χ2v) is 12.4. The number of nitrogens with zero attached hydrogens (tertiary/aromatic N) is 4. The van der Waals surface area contributed by atoms with Crippen molar-refractivity contribution in [1.82, 2.24) is 20.2 Å². The van der Waals surface area contributed by atoms with Gasteiger partial charge in [0, 0.05) is 38.1 Å². The summed E-state index contributed by atoms with van der Waals surface area (Å²) in [5.74, 6) is 1.87. The minimum Gasteiger partial charge on any atom is -0.370 e. The second-order valence-electron chi connectivity index (χ2n) is 12.0. The van der Waals surface area contributed by atoms with Gasteiger partial charge in [-0.05, 0) is 81.3 Å². The van der Waals surface area contributed by atoms with Crippen molar-refractivity contribution in [2.24, 2.45) is 23.2 Å². The maximum atomic E-state index is 12.9. The van der Waals surface area contributed by atoms with Crippen molar-refractivity contribution in [2.45, 2.75) is 45.6 Å². The molecule has 4 aliphatic rings. The van der Waals surface area contributed by atoms with Gasteiger partial charge in [0.05, 0.1) is 17.7 Å². The monoisotopic (exact) mass is 525 g/mol. The largest absolute Gasteiger partial charge is 0.370 e. The quantitative estimate of drug-likeness (QED) is 0.471. The molecule has 4 atom stereocenters. The Labute approximate surface area is 225 Å². The molecule has 8 nitrogen and oxygen atoms in total. The van der Waals surface area contributed by atoms with Crippen molar-refractivity contribution < 1.29 is 4.79 Å². The van der Waals surface area contributed by atoms with Crippen molar-refractivity contribution in [1.29, 1.82) is 0 Å². The average Bonchev–Trinajstić information content (AvgIpc) is 3.26. The van der Waals surface area contributed by atoms with Gasteiger partial charge < -0.3 is 25.8 Å². The molecule has 3 aliphatic carbocycles. The number of hydrogen-bond acceptors (Lipinski definition) is 7. The average molecular weight is 526 g/mol. The Bertz CT molecular complexity index is 1190. The van der Waals surface area contributed by atoms with E-state index in [1.54, 1.807) is 13.2 Å². The highest BCUT2D eigenvalue weighted by Crippen LogP contribution is 2.65. The van der Waals surface area contributed by atoms with E-state index in [-0.39, 0.29) is 17.2 Å². The maximum absolute atomic E-state index is 12.9. The summed E-state index contributed by atoms with van der Waals surface area (Å²) in [6, 6.07) is 6.46. The van der Waals surface area contributed by atoms with Crippen molar-refractivity contribution in [3.8, 4) is 0 Å². The van der Waals surface area contributed by atoms with E-state index >= 15 is 0 Å². The number of carbonyl (C=O) groups is 1. The maximum Gasteiger partial charge on any atom is 0.229 e. The molecular formula is C28H40ClN7O. The number of nitrogens with one attached hydrogen (secondary N) is 3. The summed E-state index contributed by atoms with van der Waals surface area (Å²) in [4.78, 5) is 26.8. The van der Waals surface area contributed by atoms with Crippen molar-refractivity contribution in [2.75, 3.05) is 56.3 Å². The van der Waals surface area contributed by atoms with Crippen molar-refractivity contribution in [3.05, 3.63) is 35.0 Å². The Morgan fingerprint density at radius 2 is 2.03 bits per heavy atom. The predicted molar refractivity (Wildman–Crippen MR) is 151 cm³/mol. The molecule has 0 spiro atoms. The molecule has 1 aliphatic heterocycles. The fourth-order valence-electron chi connectivity index (χ4n) is 6.93. The van der Waals surface area contributed by atoms with Crippen LogP contribution in [0.15, 0.2) is 24.4 Å². The van der Waals surface area contributed by atoms with E-state index in [2.05, 4.69) is 83.8 Å². The number of anilines is 4. The first-order chi connectivity index (χ1) is 17.5. The van der Waals surface area contributed by atoms with E-state index in [0.717, 1.165) is 44.6 Å². The SMILES string of the molecule is CNC(=O)[C@H]1C[C@H]2C[C@H](C2(C)C)[C@@]1(C)Nc1nc(Nc2ccc3c(c2)CCN3CCN(C)C)ncc1Cl. The standard InChI is InChI=1S/C28H40ClN7O/c1-27(2)18-14-20(25(37)30-4)28(3,23(27)15-18)34-24-21(29)16-31-26(33-24)32-19-7-8-22-17(13-19)9-10-36(22)12-11-35(5)6/h7-8,13,16,18,20,23H,9-12,14-15H2,1-6H3,(H,30,37)(H2,31,32,33,34)/t18-,20+,23+,28-/m0/s1. The topological polar surface area (TPSA) is 85.4 Å². The predicted octanol–water partition coefficient (Wildman–Crippen LogP) is 4.40. The molecule has 2 aromatic rings. The molecule has 0 radical (unpaired) electrons. The van der Waals surface area contributed by atoms with Crippen LogP contribution in [0.5, 0.6) is 0 Å². The molecule has 1 aromatic carbocycles. The van der Waals surface area contributed by atoms with E-state index < -0.39 is 5.54 Å². The Morgan fingerprint density at radius 1 is 1.24 bits per heavy atom. The lowest BCUT2D eigenvalue weighted by Gasteiger charge is -2.66. The van der Waals surface area contributed by atoms with Gasteiger partial charge in [0.1, 0.15) is 5.02 Å². The summed E-state index contributed by atoms with van der Waals surface area (Å²) < 4.78 is 0. The molecule has 3 N–H and O–H groups in total. The number of aromatic nitrogens is 2. The van der Waals surface area contributed by atoms with Gasteiger partial charge in [0.2, 0.25) is 11.9 Å². The first kappa shape index (κ1) is 26.0. The van der Waals surface area contributed by atoms with Gasteiger partial charge in [-0.15, -0.1) is 0 Å².